The van der Waals surface area contributed by atoms with Gasteiger partial charge in [0.15, 0.2) is 0 Å². The summed E-state index contributed by atoms with van der Waals surface area (Å²) in [5, 5.41) is 5.97. The topological polar surface area (TPSA) is 44.4 Å². The Morgan fingerprint density at radius 1 is 1.43 bits per heavy atom. The van der Waals surface area contributed by atoms with Gasteiger partial charge in [-0.3, -0.25) is 4.79 Å². The number of nitrogens with one attached hydrogen (secondary N) is 2. The number of likely N-dealkylation sites (tertiary alicyclic amines) is 1. The van der Waals surface area contributed by atoms with Crippen LogP contribution in [0.2, 0.25) is 0 Å². The third-order valence-corrected chi connectivity index (χ3v) is 3.90. The molecule has 21 heavy (non-hydrogen) atoms. The zero-order valence-electron chi connectivity index (χ0n) is 12.8. The molecule has 2 N–H and O–H groups in total. The fraction of sp³-hybridized carbons (Fsp3) is 0.562. The van der Waals surface area contributed by atoms with Gasteiger partial charge in [0.25, 0.3) is 5.91 Å². The standard InChI is InChI=1S/C16H24FN3O/c1-3-18-15-13(8-5-9-14(15)17)16(21)19-12-7-6-10-20(4-2)11-12/h5,8-9,12,18H,3-4,6-7,10-11H2,1-2H3,(H,19,21). The Bertz CT molecular complexity index is 492. The Hall–Kier alpha value is -1.62. The highest BCUT2D eigenvalue weighted by Crippen LogP contribution is 2.20. The van der Waals surface area contributed by atoms with Crippen molar-refractivity contribution in [2.45, 2.75) is 32.7 Å². The van der Waals surface area contributed by atoms with Crippen molar-refractivity contribution in [2.75, 3.05) is 31.5 Å². The number of likely N-dealkylation sites (N-methyl/N-ethyl adjacent to an activating group) is 1. The first-order chi connectivity index (χ1) is 10.2. The van der Waals surface area contributed by atoms with E-state index in [1.54, 1.807) is 12.1 Å². The van der Waals surface area contributed by atoms with E-state index in [1.807, 2.05) is 6.92 Å². The molecule has 0 spiro atoms. The van der Waals surface area contributed by atoms with Crippen LogP contribution in [0.4, 0.5) is 10.1 Å². The third kappa shape index (κ3) is 3.94. The molecule has 1 aliphatic rings. The lowest BCUT2D eigenvalue weighted by atomic mass is 10.0. The second-order valence-electron chi connectivity index (χ2n) is 5.40. The van der Waals surface area contributed by atoms with Crippen LogP contribution in [0.1, 0.15) is 37.0 Å². The first kappa shape index (κ1) is 15.8. The van der Waals surface area contributed by atoms with Crippen molar-refractivity contribution in [3.8, 4) is 0 Å². The van der Waals surface area contributed by atoms with Gasteiger partial charge in [0.1, 0.15) is 5.82 Å². The minimum absolute atomic E-state index is 0.143. The van der Waals surface area contributed by atoms with Gasteiger partial charge in [-0.25, -0.2) is 4.39 Å². The second kappa shape index (κ2) is 7.41. The van der Waals surface area contributed by atoms with Crippen molar-refractivity contribution in [2.24, 2.45) is 0 Å². The van der Waals surface area contributed by atoms with Crippen LogP contribution in [0.15, 0.2) is 18.2 Å². The summed E-state index contributed by atoms with van der Waals surface area (Å²) in [5.41, 5.74) is 0.672. The molecule has 1 aliphatic heterocycles. The summed E-state index contributed by atoms with van der Waals surface area (Å²) in [4.78, 5) is 14.7. The average Bonchev–Trinajstić information content (AvgIpc) is 2.49. The number of carbonyl (C=O) groups is 1. The molecule has 1 aromatic carbocycles. The first-order valence-electron chi connectivity index (χ1n) is 7.71. The average molecular weight is 293 g/mol. The number of amides is 1. The van der Waals surface area contributed by atoms with E-state index in [0.717, 1.165) is 32.5 Å². The SMILES string of the molecule is CCNc1c(F)cccc1C(=O)NC1CCCN(CC)C1. The number of anilines is 1. The fourth-order valence-electron chi connectivity index (χ4n) is 2.79. The van der Waals surface area contributed by atoms with Crippen LogP contribution in [-0.4, -0.2) is 43.0 Å². The Morgan fingerprint density at radius 2 is 2.24 bits per heavy atom. The van der Waals surface area contributed by atoms with Gasteiger partial charge in [-0.1, -0.05) is 13.0 Å². The number of nitrogens with zero attached hydrogens (tertiary/aromatic N) is 1. The van der Waals surface area contributed by atoms with Crippen molar-refractivity contribution in [1.29, 1.82) is 0 Å². The Kier molecular flexibility index (Phi) is 5.56. The molecule has 1 unspecified atom stereocenters. The number of hydrogen-bond donors (Lipinski definition) is 2. The maximum Gasteiger partial charge on any atom is 0.253 e. The number of halogens is 1. The van der Waals surface area contributed by atoms with Gasteiger partial charge in [0.2, 0.25) is 0 Å². The van der Waals surface area contributed by atoms with Gasteiger partial charge >= 0.3 is 0 Å². The maximum atomic E-state index is 13.8. The molecule has 0 saturated carbocycles. The quantitative estimate of drug-likeness (QED) is 0.876. The molecule has 1 aromatic rings. The smallest absolute Gasteiger partial charge is 0.253 e. The second-order valence-corrected chi connectivity index (χ2v) is 5.40. The van der Waals surface area contributed by atoms with Crippen LogP contribution in [0.5, 0.6) is 0 Å². The van der Waals surface area contributed by atoms with Gasteiger partial charge in [0.05, 0.1) is 11.3 Å². The molecule has 1 amide bonds. The van der Waals surface area contributed by atoms with E-state index in [1.165, 1.54) is 6.07 Å². The molecule has 1 saturated heterocycles. The molecular formula is C16H24FN3O. The molecule has 0 aromatic heterocycles. The van der Waals surface area contributed by atoms with Gasteiger partial charge < -0.3 is 15.5 Å². The highest BCUT2D eigenvalue weighted by Gasteiger charge is 2.22. The lowest BCUT2D eigenvalue weighted by Gasteiger charge is -2.32. The summed E-state index contributed by atoms with van der Waals surface area (Å²) in [6, 6.07) is 4.75. The lowest BCUT2D eigenvalue weighted by molar-refractivity contribution is 0.0906. The number of hydrogen-bond acceptors (Lipinski definition) is 3. The van der Waals surface area contributed by atoms with Crippen LogP contribution in [-0.2, 0) is 0 Å². The Morgan fingerprint density at radius 3 is 2.95 bits per heavy atom. The lowest BCUT2D eigenvalue weighted by Crippen LogP contribution is -2.47. The minimum Gasteiger partial charge on any atom is -0.382 e. The molecular weight excluding hydrogens is 269 g/mol. The normalized spacial score (nSPS) is 19.3. The number of carbonyl (C=O) groups excluding carboxylic acids is 1. The first-order valence-corrected chi connectivity index (χ1v) is 7.71. The van der Waals surface area contributed by atoms with E-state index in [2.05, 4.69) is 22.5 Å². The zero-order valence-corrected chi connectivity index (χ0v) is 12.8. The van der Waals surface area contributed by atoms with E-state index in [9.17, 15) is 9.18 Å². The van der Waals surface area contributed by atoms with Crippen LogP contribution in [0.3, 0.4) is 0 Å². The Balaban J connectivity index is 2.08. The van der Waals surface area contributed by atoms with Crippen LogP contribution in [0, 0.1) is 5.82 Å². The third-order valence-electron chi connectivity index (χ3n) is 3.90. The molecule has 116 valence electrons. The zero-order chi connectivity index (χ0) is 15.2. The van der Waals surface area contributed by atoms with E-state index >= 15 is 0 Å². The summed E-state index contributed by atoms with van der Waals surface area (Å²) in [5.74, 6) is -0.586. The predicted molar refractivity (Wildman–Crippen MR) is 83.2 cm³/mol. The maximum absolute atomic E-state index is 13.8. The molecule has 2 rings (SSSR count). The minimum atomic E-state index is -0.386. The van der Waals surface area contributed by atoms with E-state index < -0.39 is 0 Å². The number of rotatable bonds is 5. The highest BCUT2D eigenvalue weighted by atomic mass is 19.1. The monoisotopic (exact) mass is 293 g/mol. The van der Waals surface area contributed by atoms with Gasteiger partial charge in [-0.2, -0.15) is 0 Å². The van der Waals surface area contributed by atoms with Gasteiger partial charge in [-0.15, -0.1) is 0 Å². The molecule has 0 radical (unpaired) electrons. The van der Waals surface area contributed by atoms with Crippen molar-refractivity contribution < 1.29 is 9.18 Å². The molecule has 1 atom stereocenters. The molecule has 0 aliphatic carbocycles. The summed E-state index contributed by atoms with van der Waals surface area (Å²) in [6.07, 6.45) is 2.07. The van der Waals surface area contributed by atoms with Crippen LogP contribution >= 0.6 is 0 Å². The van der Waals surface area contributed by atoms with Crippen molar-refractivity contribution >= 4 is 11.6 Å². The summed E-state index contributed by atoms with van der Waals surface area (Å²) in [7, 11) is 0. The van der Waals surface area contributed by atoms with E-state index in [0.29, 0.717) is 17.8 Å². The van der Waals surface area contributed by atoms with Gasteiger partial charge in [-0.05, 0) is 45.0 Å². The number of piperidine rings is 1. The number of para-hydroxylation sites is 1. The van der Waals surface area contributed by atoms with Crippen molar-refractivity contribution in [3.63, 3.8) is 0 Å². The molecule has 1 fully saturated rings. The van der Waals surface area contributed by atoms with E-state index in [4.69, 9.17) is 0 Å². The van der Waals surface area contributed by atoms with Crippen molar-refractivity contribution in [1.82, 2.24) is 10.2 Å². The predicted octanol–water partition coefficient (Wildman–Crippen LogP) is 2.47. The highest BCUT2D eigenvalue weighted by molar-refractivity contribution is 5.99. The Labute approximate surface area is 125 Å². The van der Waals surface area contributed by atoms with E-state index in [-0.39, 0.29) is 17.8 Å². The molecule has 5 heteroatoms. The largest absolute Gasteiger partial charge is 0.382 e. The molecule has 0 bridgehead atoms. The summed E-state index contributed by atoms with van der Waals surface area (Å²) >= 11 is 0. The molecule has 1 heterocycles. The summed E-state index contributed by atoms with van der Waals surface area (Å²) in [6.45, 7) is 7.54. The van der Waals surface area contributed by atoms with Crippen LogP contribution < -0.4 is 10.6 Å². The number of benzene rings is 1. The molecule has 4 nitrogen and oxygen atoms in total. The fourth-order valence-corrected chi connectivity index (χ4v) is 2.79. The van der Waals surface area contributed by atoms with Gasteiger partial charge in [0, 0.05) is 19.1 Å². The van der Waals surface area contributed by atoms with Crippen LogP contribution in [0.25, 0.3) is 0 Å². The summed E-state index contributed by atoms with van der Waals surface area (Å²) < 4.78 is 13.8. The van der Waals surface area contributed by atoms with Crippen molar-refractivity contribution in [3.05, 3.63) is 29.6 Å².